The van der Waals surface area contributed by atoms with E-state index in [1.54, 1.807) is 0 Å². The van der Waals surface area contributed by atoms with Crippen LogP contribution in [0.3, 0.4) is 0 Å². The number of aliphatic imine (C=N–C) groups is 1. The first kappa shape index (κ1) is 17.2. The number of aromatic carboxylic acids is 1. The largest absolute Gasteiger partial charge is 0.872 e. The van der Waals surface area contributed by atoms with Gasteiger partial charge in [-0.05, 0) is 24.4 Å². The van der Waals surface area contributed by atoms with Crippen LogP contribution in [0.2, 0.25) is 0 Å². The molecule has 0 bridgehead atoms. The van der Waals surface area contributed by atoms with Crippen LogP contribution >= 0.6 is 12.2 Å². The van der Waals surface area contributed by atoms with E-state index < -0.39 is 28.7 Å². The van der Waals surface area contributed by atoms with E-state index in [4.69, 9.17) is 17.3 Å². The number of nitrogens with one attached hydrogen (secondary N) is 1. The summed E-state index contributed by atoms with van der Waals surface area (Å²) >= 11 is 4.94. The Morgan fingerprint density at radius 1 is 1.50 bits per heavy atom. The zero-order valence-corrected chi connectivity index (χ0v) is 13.0. The van der Waals surface area contributed by atoms with Gasteiger partial charge in [0.15, 0.2) is 4.77 Å². The first-order chi connectivity index (χ1) is 11.3. The highest BCUT2D eigenvalue weighted by molar-refractivity contribution is 7.71. The smallest absolute Gasteiger partial charge is 0.335 e. The third kappa shape index (κ3) is 3.41. The lowest BCUT2D eigenvalue weighted by Crippen LogP contribution is -2.18. The third-order valence-corrected chi connectivity index (χ3v) is 3.38. The predicted molar refractivity (Wildman–Crippen MR) is 87.8 cm³/mol. The van der Waals surface area contributed by atoms with E-state index >= 15 is 0 Å². The fourth-order valence-corrected chi connectivity index (χ4v) is 2.15. The maximum absolute atomic E-state index is 11.9. The molecule has 0 aliphatic heterocycles. The number of aromatic nitrogens is 2. The first-order valence-corrected chi connectivity index (χ1v) is 7.01. The van der Waals surface area contributed by atoms with Crippen LogP contribution in [0.5, 0.6) is 11.6 Å². The van der Waals surface area contributed by atoms with E-state index in [9.17, 15) is 19.8 Å². The normalized spacial score (nSPS) is 10.8. The molecule has 1 aromatic carbocycles. The highest BCUT2D eigenvalue weighted by Gasteiger charge is 2.10. The number of hydrogen-bond acceptors (Lipinski definition) is 6. The summed E-state index contributed by atoms with van der Waals surface area (Å²) < 4.78 is 1.27. The summed E-state index contributed by atoms with van der Waals surface area (Å²) in [6.07, 6.45) is 2.55. The molecule has 1 heterocycles. The van der Waals surface area contributed by atoms with Crippen molar-refractivity contribution in [1.29, 1.82) is 0 Å². The van der Waals surface area contributed by atoms with E-state index in [0.29, 0.717) is 0 Å². The van der Waals surface area contributed by atoms with Gasteiger partial charge in [0.05, 0.1) is 11.3 Å². The Bertz CT molecular complexity index is 959. The summed E-state index contributed by atoms with van der Waals surface area (Å²) in [5, 5.41) is 30.5. The van der Waals surface area contributed by atoms with Gasteiger partial charge in [-0.15, -0.1) is 6.58 Å². The van der Waals surface area contributed by atoms with Gasteiger partial charge in [0.1, 0.15) is 5.56 Å². The van der Waals surface area contributed by atoms with Gasteiger partial charge in [0.25, 0.3) is 5.56 Å². The second-order valence-corrected chi connectivity index (χ2v) is 5.03. The maximum atomic E-state index is 11.9. The second kappa shape index (κ2) is 6.92. The molecule has 0 atom stereocenters. The molecule has 9 heteroatoms. The van der Waals surface area contributed by atoms with Gasteiger partial charge in [0.2, 0.25) is 5.88 Å². The molecule has 0 saturated carbocycles. The van der Waals surface area contributed by atoms with E-state index in [2.05, 4.69) is 16.6 Å². The summed E-state index contributed by atoms with van der Waals surface area (Å²) in [5.74, 6) is -2.43. The average Bonchev–Trinajstić information content (AvgIpc) is 2.52. The topological polar surface area (TPSA) is 131 Å². The second-order valence-electron chi connectivity index (χ2n) is 4.64. The predicted octanol–water partition coefficient (Wildman–Crippen LogP) is 1.32. The molecule has 2 rings (SSSR count). The highest BCUT2D eigenvalue weighted by Crippen LogP contribution is 2.21. The summed E-state index contributed by atoms with van der Waals surface area (Å²) in [6.45, 7) is 3.71. The molecular weight excluding hydrogens is 334 g/mol. The van der Waals surface area contributed by atoms with Gasteiger partial charge < -0.3 is 15.3 Å². The molecule has 0 aliphatic carbocycles. The minimum Gasteiger partial charge on any atom is -0.872 e. The number of aromatic hydroxyl groups is 1. The van der Waals surface area contributed by atoms with Crippen LogP contribution in [0.15, 0.2) is 40.6 Å². The number of carboxylic acid groups (broad SMARTS) is 1. The Balaban J connectivity index is 2.50. The van der Waals surface area contributed by atoms with Gasteiger partial charge in [-0.1, -0.05) is 17.9 Å². The first-order valence-electron chi connectivity index (χ1n) is 6.60. The molecule has 0 spiro atoms. The van der Waals surface area contributed by atoms with Crippen molar-refractivity contribution in [1.82, 2.24) is 9.55 Å². The van der Waals surface area contributed by atoms with Gasteiger partial charge in [0, 0.05) is 12.8 Å². The van der Waals surface area contributed by atoms with Crippen molar-refractivity contribution in [2.75, 3.05) is 0 Å². The Kier molecular flexibility index (Phi) is 4.95. The van der Waals surface area contributed by atoms with Gasteiger partial charge >= 0.3 is 5.97 Å². The number of rotatable bonds is 5. The molecule has 8 nitrogen and oxygen atoms in total. The van der Waals surface area contributed by atoms with Crippen LogP contribution in [-0.4, -0.2) is 31.9 Å². The van der Waals surface area contributed by atoms with E-state index in [0.717, 1.165) is 18.3 Å². The number of aromatic amines is 1. The van der Waals surface area contributed by atoms with Crippen molar-refractivity contribution in [3.63, 3.8) is 0 Å². The van der Waals surface area contributed by atoms with Crippen LogP contribution in [0, 0.1) is 4.77 Å². The average molecular weight is 346 g/mol. The molecule has 0 amide bonds. The standard InChI is InChI=1S/C15H13N3O5S/c1-2-5-18-13(21)10(12(20)17-15(18)24)7-16-8-3-4-11(19)9(6-8)14(22)23/h2-4,6-7,19,21H,1,5H2,(H,22,23)(H,17,20,24)/p-1. The molecule has 0 fully saturated rings. The van der Waals surface area contributed by atoms with Crippen LogP contribution in [-0.2, 0) is 6.54 Å². The van der Waals surface area contributed by atoms with Crippen molar-refractivity contribution in [2.24, 2.45) is 4.99 Å². The van der Waals surface area contributed by atoms with Crippen LogP contribution in [0.25, 0.3) is 0 Å². The minimum atomic E-state index is -1.38. The summed E-state index contributed by atoms with van der Waals surface area (Å²) in [5.41, 5.74) is -1.11. The van der Waals surface area contributed by atoms with E-state index in [-0.39, 0.29) is 22.6 Å². The number of carboxylic acids is 1. The van der Waals surface area contributed by atoms with Crippen molar-refractivity contribution >= 4 is 30.1 Å². The van der Waals surface area contributed by atoms with Gasteiger partial charge in [-0.3, -0.25) is 19.3 Å². The van der Waals surface area contributed by atoms with Crippen molar-refractivity contribution < 1.29 is 20.1 Å². The lowest BCUT2D eigenvalue weighted by Gasteiger charge is -2.10. The summed E-state index contributed by atoms with van der Waals surface area (Å²) in [4.78, 5) is 29.2. The number of carbonyl (C=O) groups is 1. The molecule has 0 unspecified atom stereocenters. The maximum Gasteiger partial charge on any atom is 0.335 e. The van der Waals surface area contributed by atoms with E-state index in [1.807, 2.05) is 0 Å². The summed E-state index contributed by atoms with van der Waals surface area (Å²) in [6, 6.07) is 3.44. The molecule has 0 aliphatic rings. The number of nitrogens with zero attached hydrogens (tertiary/aromatic N) is 2. The molecule has 24 heavy (non-hydrogen) atoms. The third-order valence-electron chi connectivity index (χ3n) is 3.05. The SMILES string of the molecule is C=CCn1c(O)c(C=Nc2ccc([O-])c(C(=O)O)c2)c(=O)[nH]c1=S. The molecule has 0 radical (unpaired) electrons. The Morgan fingerprint density at radius 3 is 2.83 bits per heavy atom. The molecule has 0 saturated heterocycles. The minimum absolute atomic E-state index is 0.0263. The lowest BCUT2D eigenvalue weighted by molar-refractivity contribution is -0.268. The van der Waals surface area contributed by atoms with E-state index in [1.165, 1.54) is 16.7 Å². The molecule has 124 valence electrons. The number of hydrogen-bond donors (Lipinski definition) is 3. The Hall–Kier alpha value is -3.20. The molecular formula is C15H12N3O5S-. The van der Waals surface area contributed by atoms with Crippen molar-refractivity contribution in [2.45, 2.75) is 6.54 Å². The quantitative estimate of drug-likeness (QED) is 0.425. The van der Waals surface area contributed by atoms with Crippen molar-refractivity contribution in [3.8, 4) is 11.6 Å². The zero-order chi connectivity index (χ0) is 17.9. The van der Waals surface area contributed by atoms with Gasteiger partial charge in [-0.25, -0.2) is 4.79 Å². The van der Waals surface area contributed by atoms with Crippen molar-refractivity contribution in [3.05, 3.63) is 57.1 Å². The number of H-pyrrole nitrogens is 1. The van der Waals surface area contributed by atoms with Crippen LogP contribution < -0.4 is 10.7 Å². The molecule has 1 aromatic heterocycles. The number of benzene rings is 1. The fourth-order valence-electron chi connectivity index (χ4n) is 1.89. The Labute approximate surface area is 140 Å². The number of allylic oxidation sites excluding steroid dienone is 1. The van der Waals surface area contributed by atoms with Crippen LogP contribution in [0.4, 0.5) is 5.69 Å². The molecule has 3 N–H and O–H groups in total. The lowest BCUT2D eigenvalue weighted by atomic mass is 10.2. The monoisotopic (exact) mass is 346 g/mol. The zero-order valence-electron chi connectivity index (χ0n) is 12.2. The summed E-state index contributed by atoms with van der Waals surface area (Å²) in [7, 11) is 0. The molecule has 2 aromatic rings. The Morgan fingerprint density at radius 2 is 2.21 bits per heavy atom. The van der Waals surface area contributed by atoms with Gasteiger partial charge in [-0.2, -0.15) is 0 Å². The fraction of sp³-hybridized carbons (Fsp3) is 0.0667. The van der Waals surface area contributed by atoms with Crippen LogP contribution in [0.1, 0.15) is 15.9 Å². The highest BCUT2D eigenvalue weighted by atomic mass is 32.1.